The molecule has 0 aromatic heterocycles. The molecule has 100 valence electrons. The Hall–Kier alpha value is -1.80. The Labute approximate surface area is 114 Å². The van der Waals surface area contributed by atoms with Crippen molar-refractivity contribution in [2.75, 3.05) is 0 Å². The lowest BCUT2D eigenvalue weighted by molar-refractivity contribution is 0.173. The van der Waals surface area contributed by atoms with E-state index in [0.29, 0.717) is 0 Å². The van der Waals surface area contributed by atoms with Gasteiger partial charge in [-0.15, -0.1) is 0 Å². The minimum absolute atomic E-state index is 0.394. The summed E-state index contributed by atoms with van der Waals surface area (Å²) in [6, 6.07) is 13.7. The lowest BCUT2D eigenvalue weighted by Crippen LogP contribution is -1.95. The molecule has 0 aliphatic heterocycles. The summed E-state index contributed by atoms with van der Waals surface area (Å²) in [5.41, 5.74) is 3.30. The molecule has 0 fully saturated rings. The molecular formula is C17H20O2. The molecule has 0 heterocycles. The van der Waals surface area contributed by atoms with Crippen LogP contribution < -0.4 is 4.74 Å². The van der Waals surface area contributed by atoms with Crippen molar-refractivity contribution in [2.24, 2.45) is 0 Å². The largest absolute Gasteiger partial charge is 0.457 e. The maximum Gasteiger partial charge on any atom is 0.130 e. The normalized spacial score (nSPS) is 12.2. The highest BCUT2D eigenvalue weighted by Gasteiger charge is 2.06. The minimum atomic E-state index is -0.394. The molecule has 2 rings (SSSR count). The van der Waals surface area contributed by atoms with Crippen molar-refractivity contribution in [1.82, 2.24) is 0 Å². The van der Waals surface area contributed by atoms with Gasteiger partial charge in [-0.1, -0.05) is 31.2 Å². The second-order valence-electron chi connectivity index (χ2n) is 4.79. The second-order valence-corrected chi connectivity index (χ2v) is 4.79. The maximum absolute atomic E-state index is 9.75. The Bertz CT molecular complexity index is 544. The zero-order chi connectivity index (χ0) is 13.8. The van der Waals surface area contributed by atoms with Crippen LogP contribution in [0.2, 0.25) is 0 Å². The lowest BCUT2D eigenvalue weighted by atomic mass is 10.1. The van der Waals surface area contributed by atoms with Crippen LogP contribution in [0.4, 0.5) is 0 Å². The van der Waals surface area contributed by atoms with Crippen LogP contribution in [0.1, 0.15) is 36.1 Å². The van der Waals surface area contributed by atoms with E-state index in [2.05, 4.69) is 19.9 Å². The molecule has 1 N–H and O–H groups in total. The Morgan fingerprint density at radius 2 is 1.74 bits per heavy atom. The standard InChI is InChI=1S/C17H20O2/c1-4-16(18)14-8-10-15(11-9-14)19-17-7-5-6-12(2)13(17)3/h5-11,16,18H,4H2,1-3H3/t16-/m1/s1. The van der Waals surface area contributed by atoms with E-state index in [1.165, 1.54) is 5.56 Å². The van der Waals surface area contributed by atoms with E-state index in [0.717, 1.165) is 29.0 Å². The van der Waals surface area contributed by atoms with Gasteiger partial charge >= 0.3 is 0 Å². The molecule has 2 heteroatoms. The number of hydrogen-bond donors (Lipinski definition) is 1. The summed E-state index contributed by atoms with van der Waals surface area (Å²) in [4.78, 5) is 0. The van der Waals surface area contributed by atoms with Crippen LogP contribution in [0.3, 0.4) is 0 Å². The van der Waals surface area contributed by atoms with Gasteiger partial charge in [0, 0.05) is 0 Å². The zero-order valence-electron chi connectivity index (χ0n) is 11.7. The van der Waals surface area contributed by atoms with Crippen LogP contribution in [0, 0.1) is 13.8 Å². The summed E-state index contributed by atoms with van der Waals surface area (Å²) < 4.78 is 5.88. The Kier molecular flexibility index (Phi) is 4.23. The highest BCUT2D eigenvalue weighted by atomic mass is 16.5. The summed E-state index contributed by atoms with van der Waals surface area (Å²) in [7, 11) is 0. The van der Waals surface area contributed by atoms with Crippen molar-refractivity contribution < 1.29 is 9.84 Å². The van der Waals surface area contributed by atoms with Gasteiger partial charge in [0.05, 0.1) is 6.10 Å². The molecule has 0 amide bonds. The van der Waals surface area contributed by atoms with E-state index in [1.54, 1.807) is 0 Å². The van der Waals surface area contributed by atoms with Gasteiger partial charge in [-0.3, -0.25) is 0 Å². The maximum atomic E-state index is 9.75. The molecule has 0 aliphatic rings. The average Bonchev–Trinajstić information content (AvgIpc) is 2.44. The number of ether oxygens (including phenoxy) is 1. The molecule has 2 aromatic rings. The number of aliphatic hydroxyl groups excluding tert-OH is 1. The topological polar surface area (TPSA) is 29.5 Å². The van der Waals surface area contributed by atoms with Crippen molar-refractivity contribution >= 4 is 0 Å². The fourth-order valence-corrected chi connectivity index (χ4v) is 1.96. The summed E-state index contributed by atoms with van der Waals surface area (Å²) >= 11 is 0. The molecule has 0 unspecified atom stereocenters. The first-order chi connectivity index (χ1) is 9.11. The molecule has 2 nitrogen and oxygen atoms in total. The SMILES string of the molecule is CC[C@@H](O)c1ccc(Oc2cccc(C)c2C)cc1. The summed E-state index contributed by atoms with van der Waals surface area (Å²) in [6.45, 7) is 6.09. The van der Waals surface area contributed by atoms with E-state index in [1.807, 2.05) is 43.3 Å². The molecule has 19 heavy (non-hydrogen) atoms. The predicted molar refractivity (Wildman–Crippen MR) is 77.7 cm³/mol. The van der Waals surface area contributed by atoms with E-state index < -0.39 is 6.10 Å². The van der Waals surface area contributed by atoms with Gasteiger partial charge in [0.15, 0.2) is 0 Å². The van der Waals surface area contributed by atoms with Gasteiger partial charge in [-0.25, -0.2) is 0 Å². The summed E-state index contributed by atoms with van der Waals surface area (Å²) in [6.07, 6.45) is 0.326. The predicted octanol–water partition coefficient (Wildman–Crippen LogP) is 4.54. The van der Waals surface area contributed by atoms with Crippen molar-refractivity contribution in [3.8, 4) is 11.5 Å². The van der Waals surface area contributed by atoms with Crippen molar-refractivity contribution in [2.45, 2.75) is 33.3 Å². The van der Waals surface area contributed by atoms with Crippen molar-refractivity contribution in [1.29, 1.82) is 0 Å². The first-order valence-corrected chi connectivity index (χ1v) is 6.64. The van der Waals surface area contributed by atoms with Gasteiger partial charge in [-0.05, 0) is 55.2 Å². The lowest BCUT2D eigenvalue weighted by Gasteiger charge is -2.12. The average molecular weight is 256 g/mol. The first-order valence-electron chi connectivity index (χ1n) is 6.64. The quantitative estimate of drug-likeness (QED) is 0.870. The molecule has 0 spiro atoms. The molecule has 2 aromatic carbocycles. The molecule has 0 saturated heterocycles. The zero-order valence-corrected chi connectivity index (χ0v) is 11.7. The monoisotopic (exact) mass is 256 g/mol. The number of hydrogen-bond acceptors (Lipinski definition) is 2. The highest BCUT2D eigenvalue weighted by Crippen LogP contribution is 2.28. The van der Waals surface area contributed by atoms with E-state index >= 15 is 0 Å². The third kappa shape index (κ3) is 3.15. The van der Waals surface area contributed by atoms with E-state index in [4.69, 9.17) is 4.74 Å². The van der Waals surface area contributed by atoms with Crippen molar-refractivity contribution in [3.05, 3.63) is 59.2 Å². The number of aliphatic hydroxyl groups is 1. The fraction of sp³-hybridized carbons (Fsp3) is 0.294. The van der Waals surface area contributed by atoms with Gasteiger partial charge in [-0.2, -0.15) is 0 Å². The number of rotatable bonds is 4. The van der Waals surface area contributed by atoms with Gasteiger partial charge in [0.2, 0.25) is 0 Å². The van der Waals surface area contributed by atoms with E-state index in [9.17, 15) is 5.11 Å². The summed E-state index contributed by atoms with van der Waals surface area (Å²) in [5, 5.41) is 9.75. The molecule has 0 bridgehead atoms. The molecule has 0 saturated carbocycles. The molecule has 1 atom stereocenters. The molecular weight excluding hydrogens is 236 g/mol. The smallest absolute Gasteiger partial charge is 0.130 e. The Morgan fingerprint density at radius 3 is 2.37 bits per heavy atom. The van der Waals surface area contributed by atoms with Crippen LogP contribution in [-0.2, 0) is 0 Å². The third-order valence-corrected chi connectivity index (χ3v) is 3.43. The van der Waals surface area contributed by atoms with Gasteiger partial charge < -0.3 is 9.84 Å². The van der Waals surface area contributed by atoms with Crippen LogP contribution in [0.25, 0.3) is 0 Å². The Balaban J connectivity index is 2.18. The van der Waals surface area contributed by atoms with Gasteiger partial charge in [0.25, 0.3) is 0 Å². The number of aryl methyl sites for hydroxylation is 1. The van der Waals surface area contributed by atoms with Crippen molar-refractivity contribution in [3.63, 3.8) is 0 Å². The minimum Gasteiger partial charge on any atom is -0.457 e. The fourth-order valence-electron chi connectivity index (χ4n) is 1.96. The van der Waals surface area contributed by atoms with Crippen LogP contribution >= 0.6 is 0 Å². The van der Waals surface area contributed by atoms with Gasteiger partial charge in [0.1, 0.15) is 11.5 Å². The van der Waals surface area contributed by atoms with Crippen LogP contribution in [0.5, 0.6) is 11.5 Å². The Morgan fingerprint density at radius 1 is 1.05 bits per heavy atom. The van der Waals surface area contributed by atoms with Crippen LogP contribution in [0.15, 0.2) is 42.5 Å². The third-order valence-electron chi connectivity index (χ3n) is 3.43. The second kappa shape index (κ2) is 5.89. The molecule has 0 radical (unpaired) electrons. The number of benzene rings is 2. The summed E-state index contributed by atoms with van der Waals surface area (Å²) in [5.74, 6) is 1.67. The first kappa shape index (κ1) is 13.6. The van der Waals surface area contributed by atoms with E-state index in [-0.39, 0.29) is 0 Å². The molecule has 0 aliphatic carbocycles. The highest BCUT2D eigenvalue weighted by molar-refractivity contribution is 5.41. The van der Waals surface area contributed by atoms with Crippen LogP contribution in [-0.4, -0.2) is 5.11 Å².